The van der Waals surface area contributed by atoms with Crippen LogP contribution in [0.3, 0.4) is 0 Å². The molecule has 14 nitrogen and oxygen atoms in total. The molecule has 5 atom stereocenters. The molecule has 0 aliphatic carbocycles. The molecule has 1 unspecified atom stereocenters. The summed E-state index contributed by atoms with van der Waals surface area (Å²) in [7, 11) is -10.5. The summed E-state index contributed by atoms with van der Waals surface area (Å²) in [6, 6.07) is 1.24. The molecule has 1 fully saturated rings. The van der Waals surface area contributed by atoms with Crippen molar-refractivity contribution in [2.45, 2.75) is 24.5 Å². The minimum atomic E-state index is -5.30. The fraction of sp³-hybridized carbons (Fsp3) is 0.556. The van der Waals surface area contributed by atoms with E-state index in [-0.39, 0.29) is 5.82 Å². The molecule has 25 heavy (non-hydrogen) atoms. The number of nitrogens with zero attached hydrogens (tertiary/aromatic N) is 2. The smallest absolute Gasteiger partial charge is 0.387 e. The summed E-state index contributed by atoms with van der Waals surface area (Å²) < 4.78 is 35.8. The number of anilines is 1. The maximum absolute atomic E-state index is 11.7. The second kappa shape index (κ2) is 7.21. The zero-order valence-electron chi connectivity index (χ0n) is 12.2. The fourth-order valence-corrected chi connectivity index (χ4v) is 3.64. The van der Waals surface area contributed by atoms with Gasteiger partial charge in [0.15, 0.2) is 6.23 Å². The highest BCUT2D eigenvalue weighted by molar-refractivity contribution is 7.60. The summed E-state index contributed by atoms with van der Waals surface area (Å²) in [5.74, 6) is -0.0787. The van der Waals surface area contributed by atoms with Crippen LogP contribution in [-0.2, 0) is 22.7 Å². The van der Waals surface area contributed by atoms with Crippen LogP contribution in [0.2, 0.25) is 0 Å². The summed E-state index contributed by atoms with van der Waals surface area (Å²) in [6.45, 7) is -0.875. The highest BCUT2D eigenvalue weighted by atomic mass is 31.3. The van der Waals surface area contributed by atoms with Gasteiger partial charge in [0.25, 0.3) is 0 Å². The topological polar surface area (TPSA) is 224 Å². The van der Waals surface area contributed by atoms with Crippen molar-refractivity contribution in [3.05, 3.63) is 22.7 Å². The summed E-state index contributed by atoms with van der Waals surface area (Å²) in [6.07, 6.45) is -4.93. The van der Waals surface area contributed by atoms with E-state index in [1.54, 1.807) is 0 Å². The Morgan fingerprint density at radius 2 is 1.92 bits per heavy atom. The number of nitrogen functional groups attached to an aromatic ring is 1. The molecule has 0 amide bonds. The van der Waals surface area contributed by atoms with Gasteiger partial charge in [-0.05, 0) is 6.07 Å². The van der Waals surface area contributed by atoms with Gasteiger partial charge < -0.3 is 35.4 Å². The van der Waals surface area contributed by atoms with Gasteiger partial charge in [-0.15, -0.1) is 0 Å². The lowest BCUT2D eigenvalue weighted by Crippen LogP contribution is -2.36. The Balaban J connectivity index is 2.08. The third-order valence-electron chi connectivity index (χ3n) is 3.07. The Kier molecular flexibility index (Phi) is 5.81. The van der Waals surface area contributed by atoms with Gasteiger partial charge >= 0.3 is 21.3 Å². The first-order valence-corrected chi connectivity index (χ1v) is 9.53. The van der Waals surface area contributed by atoms with Crippen molar-refractivity contribution >= 4 is 21.5 Å². The van der Waals surface area contributed by atoms with Gasteiger partial charge in [0, 0.05) is 6.20 Å². The molecule has 2 heterocycles. The predicted molar refractivity (Wildman–Crippen MR) is 77.7 cm³/mol. The average Bonchev–Trinajstić information content (AvgIpc) is 2.71. The highest BCUT2D eigenvalue weighted by Crippen LogP contribution is 2.57. The SMILES string of the molecule is Nc1ccn([C@@H]2O[C@@H](COP(=O)(O)OP(=O)(O)O)[C@@H](O)[C@@H]2O)c(=O)n1. The molecule has 1 aliphatic heterocycles. The van der Waals surface area contributed by atoms with E-state index in [1.807, 2.05) is 0 Å². The standard InChI is InChI=1S/C9H15N3O11P2/c10-5-1-2-12(9(15)11-5)8-7(14)6(13)4(22-8)3-21-25(19,20)23-24(16,17)18/h1-2,4,6-8,13-14H,3H2,(H,19,20)(H2,10,11,15)(H2,16,17,18)/t4-,6+,7-,8+/m0/s1. The van der Waals surface area contributed by atoms with Gasteiger partial charge in [-0.3, -0.25) is 9.09 Å². The van der Waals surface area contributed by atoms with Crippen LogP contribution < -0.4 is 11.4 Å². The molecule has 1 aliphatic rings. The van der Waals surface area contributed by atoms with Crippen LogP contribution >= 0.6 is 15.6 Å². The molecule has 1 saturated heterocycles. The van der Waals surface area contributed by atoms with Crippen molar-refractivity contribution in [2.75, 3.05) is 12.3 Å². The van der Waals surface area contributed by atoms with Crippen LogP contribution in [0, 0.1) is 0 Å². The molecule has 1 aromatic heterocycles. The van der Waals surface area contributed by atoms with E-state index in [0.29, 0.717) is 0 Å². The summed E-state index contributed by atoms with van der Waals surface area (Å²) in [5, 5.41) is 19.8. The number of phosphoric ester groups is 1. The van der Waals surface area contributed by atoms with E-state index < -0.39 is 52.5 Å². The second-order valence-electron chi connectivity index (χ2n) is 4.93. The van der Waals surface area contributed by atoms with Gasteiger partial charge in [0.1, 0.15) is 24.1 Å². The van der Waals surface area contributed by atoms with E-state index in [2.05, 4.69) is 13.8 Å². The van der Waals surface area contributed by atoms with Crippen LogP contribution in [0.4, 0.5) is 5.82 Å². The first kappa shape index (κ1) is 20.1. The van der Waals surface area contributed by atoms with E-state index in [4.69, 9.17) is 25.2 Å². The van der Waals surface area contributed by atoms with E-state index in [0.717, 1.165) is 10.8 Å². The van der Waals surface area contributed by atoms with Gasteiger partial charge in [-0.1, -0.05) is 0 Å². The summed E-state index contributed by atoms with van der Waals surface area (Å²) in [4.78, 5) is 41.3. The number of aromatic nitrogens is 2. The number of hydrogen-bond donors (Lipinski definition) is 6. The van der Waals surface area contributed by atoms with Crippen molar-refractivity contribution in [3.8, 4) is 0 Å². The van der Waals surface area contributed by atoms with Crippen molar-refractivity contribution in [1.82, 2.24) is 9.55 Å². The molecule has 0 aromatic carbocycles. The molecule has 0 bridgehead atoms. The average molecular weight is 403 g/mol. The molecule has 7 N–H and O–H groups in total. The van der Waals surface area contributed by atoms with Crippen LogP contribution in [0.25, 0.3) is 0 Å². The number of ether oxygens (including phenoxy) is 1. The number of rotatable bonds is 6. The lowest BCUT2D eigenvalue weighted by molar-refractivity contribution is -0.0541. The molecule has 2 rings (SSSR count). The highest BCUT2D eigenvalue weighted by Gasteiger charge is 2.45. The molecule has 16 heteroatoms. The lowest BCUT2D eigenvalue weighted by atomic mass is 10.1. The van der Waals surface area contributed by atoms with Gasteiger partial charge in [0.2, 0.25) is 0 Å². The first-order chi connectivity index (χ1) is 11.4. The largest absolute Gasteiger partial charge is 0.481 e. The molecular formula is C9H15N3O11P2. The van der Waals surface area contributed by atoms with Crippen LogP contribution in [0.15, 0.2) is 17.1 Å². The number of phosphoric acid groups is 2. The minimum Gasteiger partial charge on any atom is -0.387 e. The van der Waals surface area contributed by atoms with Crippen LogP contribution in [0.5, 0.6) is 0 Å². The van der Waals surface area contributed by atoms with Crippen LogP contribution in [0.1, 0.15) is 6.23 Å². The van der Waals surface area contributed by atoms with Crippen molar-refractivity contribution < 1.29 is 47.6 Å². The molecule has 0 spiro atoms. The normalized spacial score (nSPS) is 29.5. The Hall–Kier alpha value is -1.18. The number of aliphatic hydroxyl groups is 2. The van der Waals surface area contributed by atoms with Crippen LogP contribution in [-0.4, -0.2) is 59.4 Å². The van der Waals surface area contributed by atoms with Gasteiger partial charge in [0.05, 0.1) is 6.61 Å². The second-order valence-corrected chi connectivity index (χ2v) is 7.75. The maximum Gasteiger partial charge on any atom is 0.481 e. The Morgan fingerprint density at radius 1 is 1.28 bits per heavy atom. The molecule has 0 radical (unpaired) electrons. The van der Waals surface area contributed by atoms with E-state index >= 15 is 0 Å². The first-order valence-electron chi connectivity index (χ1n) is 6.50. The monoisotopic (exact) mass is 403 g/mol. The molecule has 1 aromatic rings. The Labute approximate surface area is 139 Å². The number of nitrogens with two attached hydrogens (primary N) is 1. The van der Waals surface area contributed by atoms with E-state index in [1.165, 1.54) is 6.07 Å². The zero-order valence-corrected chi connectivity index (χ0v) is 14.0. The van der Waals surface area contributed by atoms with Crippen molar-refractivity contribution in [3.63, 3.8) is 0 Å². The molecular weight excluding hydrogens is 388 g/mol. The minimum absolute atomic E-state index is 0.0787. The number of hydrogen-bond acceptors (Lipinski definition) is 10. The Morgan fingerprint density at radius 3 is 2.48 bits per heavy atom. The van der Waals surface area contributed by atoms with Crippen molar-refractivity contribution in [1.29, 1.82) is 0 Å². The quantitative estimate of drug-likeness (QED) is 0.274. The van der Waals surface area contributed by atoms with E-state index in [9.17, 15) is 24.1 Å². The van der Waals surface area contributed by atoms with Crippen molar-refractivity contribution in [2.24, 2.45) is 0 Å². The summed E-state index contributed by atoms with van der Waals surface area (Å²) in [5.41, 5.74) is 4.45. The molecule has 142 valence electrons. The molecule has 0 saturated carbocycles. The Bertz CT molecular complexity index is 778. The summed E-state index contributed by atoms with van der Waals surface area (Å²) >= 11 is 0. The predicted octanol–water partition coefficient (Wildman–Crippen LogP) is -2.33. The van der Waals surface area contributed by atoms with Gasteiger partial charge in [-0.25, -0.2) is 13.9 Å². The van der Waals surface area contributed by atoms with Gasteiger partial charge in [-0.2, -0.15) is 9.29 Å². The third kappa shape index (κ3) is 5.15. The number of aliphatic hydroxyl groups excluding tert-OH is 2. The maximum atomic E-state index is 11.7. The lowest BCUT2D eigenvalue weighted by Gasteiger charge is -2.17. The third-order valence-corrected chi connectivity index (χ3v) is 5.23. The zero-order chi connectivity index (χ0) is 19.0. The fourth-order valence-electron chi connectivity index (χ4n) is 2.04.